The summed E-state index contributed by atoms with van der Waals surface area (Å²) in [6.45, 7) is -0.920. The SMILES string of the molecule is Nc1ncn([C@@]2(CO)OC[C@H](O)[C@@H]2O)c(=O)n1. The van der Waals surface area contributed by atoms with Crippen LogP contribution in [0.5, 0.6) is 0 Å². The van der Waals surface area contributed by atoms with Crippen LogP contribution < -0.4 is 11.4 Å². The van der Waals surface area contributed by atoms with Gasteiger partial charge in [0.1, 0.15) is 18.5 Å². The predicted molar refractivity (Wildman–Crippen MR) is 53.7 cm³/mol. The van der Waals surface area contributed by atoms with Crippen molar-refractivity contribution in [3.05, 3.63) is 16.8 Å². The van der Waals surface area contributed by atoms with Gasteiger partial charge in [-0.05, 0) is 0 Å². The smallest absolute Gasteiger partial charge is 0.354 e. The molecule has 0 aliphatic carbocycles. The van der Waals surface area contributed by atoms with E-state index in [1.54, 1.807) is 0 Å². The van der Waals surface area contributed by atoms with Gasteiger partial charge >= 0.3 is 5.69 Å². The van der Waals surface area contributed by atoms with Gasteiger partial charge in [-0.15, -0.1) is 0 Å². The number of anilines is 1. The van der Waals surface area contributed by atoms with Crippen LogP contribution in [-0.4, -0.2) is 55.3 Å². The lowest BCUT2D eigenvalue weighted by molar-refractivity contribution is -0.155. The van der Waals surface area contributed by atoms with E-state index in [1.807, 2.05) is 0 Å². The second-order valence-electron chi connectivity index (χ2n) is 3.69. The van der Waals surface area contributed by atoms with Gasteiger partial charge in [0, 0.05) is 0 Å². The molecule has 1 aliphatic rings. The summed E-state index contributed by atoms with van der Waals surface area (Å²) in [5, 5.41) is 28.5. The molecule has 9 nitrogen and oxygen atoms in total. The third kappa shape index (κ3) is 1.69. The van der Waals surface area contributed by atoms with E-state index < -0.39 is 30.2 Å². The standard InChI is InChI=1S/C8H12N4O5/c9-6-10-3-12(7(16)11-6)8(2-13)5(15)4(14)1-17-8/h3-5,13-15H,1-2H2,(H2,9,11,16)/t4-,5-,8-/m0/s1. The highest BCUT2D eigenvalue weighted by Gasteiger charge is 2.51. The molecular formula is C8H12N4O5. The summed E-state index contributed by atoms with van der Waals surface area (Å²) in [6.07, 6.45) is -1.66. The average molecular weight is 244 g/mol. The minimum atomic E-state index is -1.77. The molecular weight excluding hydrogens is 232 g/mol. The lowest BCUT2D eigenvalue weighted by Gasteiger charge is -2.30. The van der Waals surface area contributed by atoms with Gasteiger partial charge in [0.05, 0.1) is 13.2 Å². The topological polar surface area (TPSA) is 144 Å². The molecule has 0 amide bonds. The van der Waals surface area contributed by atoms with Crippen molar-refractivity contribution in [2.75, 3.05) is 18.9 Å². The van der Waals surface area contributed by atoms with Gasteiger partial charge in [-0.1, -0.05) is 0 Å². The molecule has 0 spiro atoms. The fraction of sp³-hybridized carbons (Fsp3) is 0.625. The number of aliphatic hydroxyl groups excluding tert-OH is 3. The molecule has 17 heavy (non-hydrogen) atoms. The third-order valence-electron chi connectivity index (χ3n) is 2.69. The van der Waals surface area contributed by atoms with Crippen molar-refractivity contribution in [3.63, 3.8) is 0 Å². The summed E-state index contributed by atoms with van der Waals surface area (Å²) in [6, 6.07) is 0. The molecule has 0 aromatic carbocycles. The molecule has 5 N–H and O–H groups in total. The minimum absolute atomic E-state index is 0.210. The fourth-order valence-corrected chi connectivity index (χ4v) is 1.74. The maximum Gasteiger partial charge on any atom is 0.354 e. The van der Waals surface area contributed by atoms with Crippen molar-refractivity contribution < 1.29 is 20.1 Å². The van der Waals surface area contributed by atoms with Crippen molar-refractivity contribution in [2.24, 2.45) is 0 Å². The molecule has 1 aromatic heterocycles. The summed E-state index contributed by atoms with van der Waals surface area (Å²) in [4.78, 5) is 18.5. The van der Waals surface area contributed by atoms with Crippen molar-refractivity contribution >= 4 is 5.95 Å². The quantitative estimate of drug-likeness (QED) is 0.421. The Labute approximate surface area is 95.1 Å². The van der Waals surface area contributed by atoms with Crippen LogP contribution in [0.2, 0.25) is 0 Å². The van der Waals surface area contributed by atoms with E-state index in [4.69, 9.17) is 10.5 Å². The monoisotopic (exact) mass is 244 g/mol. The number of nitrogens with zero attached hydrogens (tertiary/aromatic N) is 3. The molecule has 2 rings (SSSR count). The Morgan fingerprint density at radius 2 is 2.35 bits per heavy atom. The first-order valence-corrected chi connectivity index (χ1v) is 4.84. The molecule has 1 fully saturated rings. The summed E-state index contributed by atoms with van der Waals surface area (Å²) in [5.74, 6) is -0.229. The number of hydrogen-bond donors (Lipinski definition) is 4. The summed E-state index contributed by atoms with van der Waals surface area (Å²) in [5.41, 5.74) is 2.61. The van der Waals surface area contributed by atoms with Gasteiger partial charge in [-0.3, -0.25) is 0 Å². The predicted octanol–water partition coefficient (Wildman–Crippen LogP) is -3.38. The molecule has 2 heterocycles. The average Bonchev–Trinajstić information content (AvgIpc) is 2.58. The van der Waals surface area contributed by atoms with Crippen LogP contribution in [0.15, 0.2) is 11.1 Å². The maximum absolute atomic E-state index is 11.6. The molecule has 94 valence electrons. The van der Waals surface area contributed by atoms with E-state index in [0.29, 0.717) is 0 Å². The van der Waals surface area contributed by atoms with Gasteiger partial charge in [0.25, 0.3) is 0 Å². The van der Waals surface area contributed by atoms with Crippen molar-refractivity contribution in [1.82, 2.24) is 14.5 Å². The van der Waals surface area contributed by atoms with E-state index in [9.17, 15) is 20.1 Å². The Kier molecular flexibility index (Phi) is 2.83. The molecule has 1 aromatic rings. The number of hydrogen-bond acceptors (Lipinski definition) is 8. The lowest BCUT2D eigenvalue weighted by atomic mass is 10.1. The van der Waals surface area contributed by atoms with E-state index in [1.165, 1.54) is 0 Å². The molecule has 0 bridgehead atoms. The normalized spacial score (nSPS) is 32.9. The van der Waals surface area contributed by atoms with Gasteiger partial charge in [-0.2, -0.15) is 4.98 Å². The van der Waals surface area contributed by atoms with Gasteiger partial charge in [0.15, 0.2) is 0 Å². The fourth-order valence-electron chi connectivity index (χ4n) is 1.74. The number of aliphatic hydroxyl groups is 3. The highest BCUT2D eigenvalue weighted by Crippen LogP contribution is 2.29. The Bertz CT molecular complexity index is 477. The van der Waals surface area contributed by atoms with Crippen molar-refractivity contribution in [2.45, 2.75) is 17.9 Å². The summed E-state index contributed by atoms with van der Waals surface area (Å²) >= 11 is 0. The molecule has 0 unspecified atom stereocenters. The van der Waals surface area contributed by atoms with Gasteiger partial charge < -0.3 is 25.8 Å². The first-order chi connectivity index (χ1) is 8.01. The summed E-state index contributed by atoms with van der Waals surface area (Å²) in [7, 11) is 0. The molecule has 0 radical (unpaired) electrons. The van der Waals surface area contributed by atoms with Crippen LogP contribution in [0, 0.1) is 0 Å². The first-order valence-electron chi connectivity index (χ1n) is 4.84. The largest absolute Gasteiger partial charge is 0.391 e. The Morgan fingerprint density at radius 3 is 2.82 bits per heavy atom. The third-order valence-corrected chi connectivity index (χ3v) is 2.69. The Hall–Kier alpha value is -1.55. The number of aromatic nitrogens is 3. The van der Waals surface area contributed by atoms with Crippen LogP contribution in [0.3, 0.4) is 0 Å². The first kappa shape index (κ1) is 11.9. The zero-order valence-electron chi connectivity index (χ0n) is 8.72. The van der Waals surface area contributed by atoms with Crippen LogP contribution in [0.1, 0.15) is 0 Å². The number of ether oxygens (including phenoxy) is 1. The minimum Gasteiger partial charge on any atom is -0.391 e. The zero-order valence-corrected chi connectivity index (χ0v) is 8.72. The maximum atomic E-state index is 11.6. The van der Waals surface area contributed by atoms with E-state index in [2.05, 4.69) is 9.97 Å². The summed E-state index contributed by atoms with van der Waals surface area (Å²) < 4.78 is 5.92. The van der Waals surface area contributed by atoms with Crippen molar-refractivity contribution in [3.8, 4) is 0 Å². The van der Waals surface area contributed by atoms with Crippen LogP contribution in [0.4, 0.5) is 5.95 Å². The Balaban J connectivity index is 2.53. The molecule has 1 saturated heterocycles. The molecule has 0 saturated carbocycles. The molecule has 1 aliphatic heterocycles. The Morgan fingerprint density at radius 1 is 1.65 bits per heavy atom. The second-order valence-corrected chi connectivity index (χ2v) is 3.69. The second kappa shape index (κ2) is 4.04. The van der Waals surface area contributed by atoms with Crippen LogP contribution >= 0.6 is 0 Å². The van der Waals surface area contributed by atoms with E-state index >= 15 is 0 Å². The number of nitrogen functional groups attached to an aromatic ring is 1. The van der Waals surface area contributed by atoms with Crippen molar-refractivity contribution in [1.29, 1.82) is 0 Å². The lowest BCUT2D eigenvalue weighted by Crippen LogP contribution is -2.53. The molecule has 9 heteroatoms. The molecule has 3 atom stereocenters. The van der Waals surface area contributed by atoms with Crippen LogP contribution in [0.25, 0.3) is 0 Å². The highest BCUT2D eigenvalue weighted by molar-refractivity contribution is 5.11. The zero-order chi connectivity index (χ0) is 12.6. The highest BCUT2D eigenvalue weighted by atomic mass is 16.6. The number of rotatable bonds is 2. The van der Waals surface area contributed by atoms with Crippen LogP contribution in [-0.2, 0) is 10.5 Å². The van der Waals surface area contributed by atoms with E-state index in [-0.39, 0.29) is 12.6 Å². The van der Waals surface area contributed by atoms with Gasteiger partial charge in [-0.25, -0.2) is 14.3 Å². The number of nitrogens with two attached hydrogens (primary N) is 1. The van der Waals surface area contributed by atoms with Gasteiger partial charge in [0.2, 0.25) is 11.7 Å². The van der Waals surface area contributed by atoms with E-state index in [0.717, 1.165) is 10.9 Å².